The Hall–Kier alpha value is -2.98. The van der Waals surface area contributed by atoms with Crippen molar-refractivity contribution in [2.75, 3.05) is 6.54 Å². The lowest BCUT2D eigenvalue weighted by Crippen LogP contribution is -2.44. The van der Waals surface area contributed by atoms with E-state index in [9.17, 15) is 9.18 Å². The summed E-state index contributed by atoms with van der Waals surface area (Å²) in [4.78, 5) is 15.4. The average molecular weight is 431 g/mol. The van der Waals surface area contributed by atoms with Gasteiger partial charge in [0, 0.05) is 25.7 Å². The minimum Gasteiger partial charge on any atom is -0.352 e. The number of hydrogen-bond acceptors (Lipinski definition) is 2. The first-order valence-corrected chi connectivity index (χ1v) is 11.5. The molecule has 0 spiro atoms. The summed E-state index contributed by atoms with van der Waals surface area (Å²) >= 11 is 0. The number of halogens is 1. The summed E-state index contributed by atoms with van der Waals surface area (Å²) in [6.07, 6.45) is 2.82. The van der Waals surface area contributed by atoms with Crippen LogP contribution in [0.4, 0.5) is 4.39 Å². The Morgan fingerprint density at radius 2 is 1.69 bits per heavy atom. The molecular formula is C28H31FN2O. The number of nitrogens with zero attached hydrogens (tertiary/aromatic N) is 1. The molecule has 2 atom stereocenters. The number of rotatable bonds is 7. The van der Waals surface area contributed by atoms with Crippen LogP contribution in [0.5, 0.6) is 0 Å². The molecule has 1 amide bonds. The fourth-order valence-electron chi connectivity index (χ4n) is 4.58. The molecule has 1 aliphatic heterocycles. The topological polar surface area (TPSA) is 32.3 Å². The molecule has 1 aliphatic rings. The molecule has 0 aromatic heterocycles. The number of hydrogen-bond donors (Lipinski definition) is 1. The van der Waals surface area contributed by atoms with Crippen LogP contribution in [0.25, 0.3) is 0 Å². The van der Waals surface area contributed by atoms with Crippen molar-refractivity contribution < 1.29 is 9.18 Å². The molecule has 4 heteroatoms. The second-order valence-corrected chi connectivity index (χ2v) is 8.65. The van der Waals surface area contributed by atoms with Crippen LogP contribution in [0.3, 0.4) is 0 Å². The Morgan fingerprint density at radius 3 is 2.41 bits per heavy atom. The third-order valence-corrected chi connectivity index (χ3v) is 6.41. The molecule has 3 nitrogen and oxygen atoms in total. The van der Waals surface area contributed by atoms with Gasteiger partial charge in [0.15, 0.2) is 0 Å². The largest absolute Gasteiger partial charge is 0.352 e. The highest BCUT2D eigenvalue weighted by molar-refractivity contribution is 5.79. The average Bonchev–Trinajstić information content (AvgIpc) is 2.83. The van der Waals surface area contributed by atoms with Gasteiger partial charge in [-0.2, -0.15) is 0 Å². The SMILES string of the molecule is CCc1ccc(C2CCC(C(=O)NCc3cccc(F)c3)CN2Cc2ccccc2)cc1. The molecule has 1 fully saturated rings. The van der Waals surface area contributed by atoms with Gasteiger partial charge >= 0.3 is 0 Å². The van der Waals surface area contributed by atoms with Crippen molar-refractivity contribution in [2.24, 2.45) is 5.92 Å². The Balaban J connectivity index is 1.46. The molecule has 4 rings (SSSR count). The van der Waals surface area contributed by atoms with Gasteiger partial charge in [-0.3, -0.25) is 9.69 Å². The van der Waals surface area contributed by atoms with Gasteiger partial charge in [-0.15, -0.1) is 0 Å². The molecule has 166 valence electrons. The fraction of sp³-hybridized carbons (Fsp3) is 0.321. The molecule has 1 N–H and O–H groups in total. The molecule has 32 heavy (non-hydrogen) atoms. The summed E-state index contributed by atoms with van der Waals surface area (Å²) < 4.78 is 13.4. The second-order valence-electron chi connectivity index (χ2n) is 8.65. The number of carbonyl (C=O) groups excluding carboxylic acids is 1. The van der Waals surface area contributed by atoms with Gasteiger partial charge in [-0.05, 0) is 53.6 Å². The smallest absolute Gasteiger partial charge is 0.224 e. The lowest BCUT2D eigenvalue weighted by Gasteiger charge is -2.39. The zero-order valence-corrected chi connectivity index (χ0v) is 18.6. The molecular weight excluding hydrogens is 399 g/mol. The van der Waals surface area contributed by atoms with Crippen molar-refractivity contribution >= 4 is 5.91 Å². The van der Waals surface area contributed by atoms with E-state index in [4.69, 9.17) is 0 Å². The fourth-order valence-corrected chi connectivity index (χ4v) is 4.58. The highest BCUT2D eigenvalue weighted by atomic mass is 19.1. The highest BCUT2D eigenvalue weighted by Gasteiger charge is 2.32. The van der Waals surface area contributed by atoms with Crippen LogP contribution in [0.15, 0.2) is 78.9 Å². The number of nitrogens with one attached hydrogen (secondary N) is 1. The van der Waals surface area contributed by atoms with E-state index in [1.165, 1.54) is 28.8 Å². The van der Waals surface area contributed by atoms with Crippen LogP contribution in [-0.2, 0) is 24.3 Å². The van der Waals surface area contributed by atoms with Crippen LogP contribution in [-0.4, -0.2) is 17.4 Å². The zero-order chi connectivity index (χ0) is 22.3. The number of likely N-dealkylation sites (tertiary alicyclic amines) is 1. The molecule has 3 aromatic rings. The van der Waals surface area contributed by atoms with Crippen molar-refractivity contribution in [3.05, 3.63) is 107 Å². The number of carbonyl (C=O) groups is 1. The molecule has 1 heterocycles. The summed E-state index contributed by atoms with van der Waals surface area (Å²) in [5.41, 5.74) is 4.69. The Bertz CT molecular complexity index is 1020. The van der Waals surface area contributed by atoms with Crippen LogP contribution in [0.2, 0.25) is 0 Å². The summed E-state index contributed by atoms with van der Waals surface area (Å²) in [6.45, 7) is 4.05. The normalized spacial score (nSPS) is 18.9. The molecule has 0 aliphatic carbocycles. The van der Waals surface area contributed by atoms with E-state index in [1.54, 1.807) is 6.07 Å². The Kier molecular flexibility index (Phi) is 7.33. The van der Waals surface area contributed by atoms with Gasteiger partial charge in [-0.1, -0.05) is 73.7 Å². The molecule has 3 aromatic carbocycles. The van der Waals surface area contributed by atoms with Gasteiger partial charge in [0.1, 0.15) is 5.82 Å². The van der Waals surface area contributed by atoms with Crippen LogP contribution < -0.4 is 5.32 Å². The van der Waals surface area contributed by atoms with E-state index in [1.807, 2.05) is 12.1 Å². The van der Waals surface area contributed by atoms with Gasteiger partial charge in [0.05, 0.1) is 5.92 Å². The Morgan fingerprint density at radius 1 is 0.938 bits per heavy atom. The number of benzene rings is 3. The van der Waals surface area contributed by atoms with Crippen LogP contribution in [0, 0.1) is 11.7 Å². The maximum absolute atomic E-state index is 13.4. The Labute approximate surface area is 190 Å². The molecule has 0 radical (unpaired) electrons. The first-order chi connectivity index (χ1) is 15.6. The molecule has 0 saturated carbocycles. The van der Waals surface area contributed by atoms with E-state index >= 15 is 0 Å². The first-order valence-electron chi connectivity index (χ1n) is 11.5. The molecule has 0 bridgehead atoms. The van der Waals surface area contributed by atoms with Crippen molar-refractivity contribution in [1.29, 1.82) is 0 Å². The zero-order valence-electron chi connectivity index (χ0n) is 18.6. The summed E-state index contributed by atoms with van der Waals surface area (Å²) in [5, 5.41) is 3.02. The quantitative estimate of drug-likeness (QED) is 0.525. The van der Waals surface area contributed by atoms with Gasteiger partial charge in [-0.25, -0.2) is 4.39 Å². The minimum absolute atomic E-state index is 0.0482. The third kappa shape index (κ3) is 5.63. The van der Waals surface area contributed by atoms with E-state index in [2.05, 4.69) is 65.7 Å². The predicted molar refractivity (Wildman–Crippen MR) is 126 cm³/mol. The van der Waals surface area contributed by atoms with Crippen molar-refractivity contribution in [1.82, 2.24) is 10.2 Å². The van der Waals surface area contributed by atoms with E-state index in [0.717, 1.165) is 31.4 Å². The van der Waals surface area contributed by atoms with Gasteiger partial charge < -0.3 is 5.32 Å². The van der Waals surface area contributed by atoms with Crippen LogP contribution in [0.1, 0.15) is 48.1 Å². The number of amides is 1. The lowest BCUT2D eigenvalue weighted by molar-refractivity contribution is -0.127. The lowest BCUT2D eigenvalue weighted by atomic mass is 9.87. The molecule has 2 unspecified atom stereocenters. The highest BCUT2D eigenvalue weighted by Crippen LogP contribution is 2.35. The van der Waals surface area contributed by atoms with E-state index < -0.39 is 0 Å². The second kappa shape index (κ2) is 10.6. The summed E-state index contributed by atoms with van der Waals surface area (Å²) in [6, 6.07) is 26.1. The summed E-state index contributed by atoms with van der Waals surface area (Å²) in [7, 11) is 0. The minimum atomic E-state index is -0.277. The standard InChI is InChI=1S/C28H31FN2O/c1-2-21-11-13-24(14-12-21)27-16-15-25(20-31(27)19-22-7-4-3-5-8-22)28(32)30-18-23-9-6-10-26(29)17-23/h3-14,17,25,27H,2,15-16,18-20H2,1H3,(H,30,32). The number of piperidine rings is 1. The summed E-state index contributed by atoms with van der Waals surface area (Å²) in [5.74, 6) is -0.300. The predicted octanol–water partition coefficient (Wildman–Crippen LogP) is 5.66. The van der Waals surface area contributed by atoms with E-state index in [0.29, 0.717) is 19.1 Å². The maximum Gasteiger partial charge on any atom is 0.224 e. The van der Waals surface area contributed by atoms with Gasteiger partial charge in [0.25, 0.3) is 0 Å². The third-order valence-electron chi connectivity index (χ3n) is 6.41. The van der Waals surface area contributed by atoms with Gasteiger partial charge in [0.2, 0.25) is 5.91 Å². The number of aryl methyl sites for hydroxylation is 1. The van der Waals surface area contributed by atoms with E-state index in [-0.39, 0.29) is 17.6 Å². The van der Waals surface area contributed by atoms with Crippen molar-refractivity contribution in [2.45, 2.75) is 45.3 Å². The van der Waals surface area contributed by atoms with Crippen molar-refractivity contribution in [3.8, 4) is 0 Å². The first kappa shape index (κ1) is 22.2. The molecule has 1 saturated heterocycles. The monoisotopic (exact) mass is 430 g/mol. The van der Waals surface area contributed by atoms with Crippen molar-refractivity contribution in [3.63, 3.8) is 0 Å². The van der Waals surface area contributed by atoms with Crippen LogP contribution >= 0.6 is 0 Å². The maximum atomic E-state index is 13.4.